The predicted octanol–water partition coefficient (Wildman–Crippen LogP) is 0.157. The number of nitrogens with two attached hydrogens (primary N) is 1. The van der Waals surface area contributed by atoms with Gasteiger partial charge in [0.25, 0.3) is 0 Å². The highest BCUT2D eigenvalue weighted by Crippen LogP contribution is 2.18. The largest absolute Gasteiger partial charge is 0.476 e. The van der Waals surface area contributed by atoms with E-state index >= 15 is 0 Å². The van der Waals surface area contributed by atoms with Crippen LogP contribution in [-0.4, -0.2) is 31.1 Å². The number of hydrogen-bond acceptors (Lipinski definition) is 5. The van der Waals surface area contributed by atoms with Gasteiger partial charge < -0.3 is 10.8 Å². The highest BCUT2D eigenvalue weighted by atomic mass is 16.4. The maximum absolute atomic E-state index is 11.0. The normalized spacial score (nSPS) is 10.3. The van der Waals surface area contributed by atoms with Crippen LogP contribution in [0, 0.1) is 0 Å². The third-order valence-electron chi connectivity index (χ3n) is 2.06. The lowest BCUT2D eigenvalue weighted by atomic mass is 10.2. The Labute approximate surface area is 90.5 Å². The second kappa shape index (κ2) is 3.61. The number of aryl methyl sites for hydroxylation is 1. The monoisotopic (exact) mass is 219 g/mol. The molecule has 2 aromatic heterocycles. The molecule has 2 rings (SSSR count). The Morgan fingerprint density at radius 2 is 2.25 bits per heavy atom. The molecule has 82 valence electrons. The van der Waals surface area contributed by atoms with Crippen LogP contribution in [0.5, 0.6) is 0 Å². The molecule has 0 radical (unpaired) electrons. The van der Waals surface area contributed by atoms with Gasteiger partial charge in [-0.15, -0.1) is 5.10 Å². The highest BCUT2D eigenvalue weighted by Gasteiger charge is 2.19. The van der Waals surface area contributed by atoms with Crippen LogP contribution in [0.15, 0.2) is 18.3 Å². The molecule has 7 nitrogen and oxygen atoms in total. The number of nitrogens with zero attached hydrogens (tertiary/aromatic N) is 4. The van der Waals surface area contributed by atoms with Gasteiger partial charge in [0.1, 0.15) is 5.69 Å². The molecule has 0 spiro atoms. The average Bonchev–Trinajstić information content (AvgIpc) is 2.61. The fourth-order valence-corrected chi connectivity index (χ4v) is 1.31. The van der Waals surface area contributed by atoms with E-state index in [0.717, 1.165) is 0 Å². The molecule has 16 heavy (non-hydrogen) atoms. The quantitative estimate of drug-likeness (QED) is 0.744. The van der Waals surface area contributed by atoms with Gasteiger partial charge in [-0.05, 0) is 12.1 Å². The summed E-state index contributed by atoms with van der Waals surface area (Å²) in [6.45, 7) is 0. The molecule has 2 heterocycles. The molecular weight excluding hydrogens is 210 g/mol. The smallest absolute Gasteiger partial charge is 0.356 e. The molecule has 0 unspecified atom stereocenters. The van der Waals surface area contributed by atoms with Crippen LogP contribution < -0.4 is 5.73 Å². The SMILES string of the molecule is Cn1nnc(-c2ccc(N)cn2)c1C(=O)O. The lowest BCUT2D eigenvalue weighted by Gasteiger charge is -1.99. The molecule has 0 aliphatic carbocycles. The number of carboxylic acid groups (broad SMARTS) is 1. The Balaban J connectivity index is 2.56. The molecule has 0 amide bonds. The third-order valence-corrected chi connectivity index (χ3v) is 2.06. The van der Waals surface area contributed by atoms with E-state index in [4.69, 9.17) is 10.8 Å². The number of aromatic nitrogens is 4. The van der Waals surface area contributed by atoms with Crippen LogP contribution in [0.4, 0.5) is 5.69 Å². The molecule has 2 aromatic rings. The fraction of sp³-hybridized carbons (Fsp3) is 0.111. The van der Waals surface area contributed by atoms with Gasteiger partial charge in [0, 0.05) is 7.05 Å². The van der Waals surface area contributed by atoms with Crippen LogP contribution in [-0.2, 0) is 7.05 Å². The first kappa shape index (κ1) is 10.1. The minimum atomic E-state index is -1.10. The van der Waals surface area contributed by atoms with Gasteiger partial charge >= 0.3 is 5.97 Å². The Bertz CT molecular complexity index is 531. The van der Waals surface area contributed by atoms with E-state index in [2.05, 4.69) is 15.3 Å². The molecule has 3 N–H and O–H groups in total. The molecule has 0 aromatic carbocycles. The van der Waals surface area contributed by atoms with Crippen molar-refractivity contribution in [1.82, 2.24) is 20.0 Å². The van der Waals surface area contributed by atoms with Crippen molar-refractivity contribution in [3.05, 3.63) is 24.0 Å². The average molecular weight is 219 g/mol. The fourth-order valence-electron chi connectivity index (χ4n) is 1.31. The number of hydrogen-bond donors (Lipinski definition) is 2. The summed E-state index contributed by atoms with van der Waals surface area (Å²) in [6, 6.07) is 3.23. The van der Waals surface area contributed by atoms with Crippen LogP contribution in [0.1, 0.15) is 10.5 Å². The zero-order valence-corrected chi connectivity index (χ0v) is 8.45. The first-order valence-corrected chi connectivity index (χ1v) is 4.44. The van der Waals surface area contributed by atoms with Gasteiger partial charge in [-0.2, -0.15) is 0 Å². The summed E-state index contributed by atoms with van der Waals surface area (Å²) in [6.07, 6.45) is 1.44. The molecule has 7 heteroatoms. The van der Waals surface area contributed by atoms with E-state index in [-0.39, 0.29) is 11.4 Å². The number of pyridine rings is 1. The number of carboxylic acids is 1. The topological polar surface area (TPSA) is 107 Å². The first-order chi connectivity index (χ1) is 7.59. The van der Waals surface area contributed by atoms with Crippen molar-refractivity contribution >= 4 is 11.7 Å². The van der Waals surface area contributed by atoms with Crippen molar-refractivity contribution in [1.29, 1.82) is 0 Å². The second-order valence-corrected chi connectivity index (χ2v) is 3.19. The molecular formula is C9H9N5O2. The zero-order valence-electron chi connectivity index (χ0n) is 8.45. The van der Waals surface area contributed by atoms with Crippen molar-refractivity contribution < 1.29 is 9.90 Å². The van der Waals surface area contributed by atoms with Gasteiger partial charge in [0.05, 0.1) is 17.6 Å². The summed E-state index contributed by atoms with van der Waals surface area (Å²) < 4.78 is 1.19. The molecule has 0 saturated heterocycles. The second-order valence-electron chi connectivity index (χ2n) is 3.19. The van der Waals surface area contributed by atoms with Crippen LogP contribution >= 0.6 is 0 Å². The maximum atomic E-state index is 11.0. The molecule has 0 bridgehead atoms. The highest BCUT2D eigenvalue weighted by molar-refractivity contribution is 5.92. The van der Waals surface area contributed by atoms with Crippen molar-refractivity contribution in [3.8, 4) is 11.4 Å². The van der Waals surface area contributed by atoms with E-state index in [9.17, 15) is 4.79 Å². The number of nitrogen functional groups attached to an aromatic ring is 1. The van der Waals surface area contributed by atoms with Crippen LogP contribution in [0.2, 0.25) is 0 Å². The van der Waals surface area contributed by atoms with E-state index < -0.39 is 5.97 Å². The van der Waals surface area contributed by atoms with Gasteiger partial charge in [-0.25, -0.2) is 9.48 Å². The summed E-state index contributed by atoms with van der Waals surface area (Å²) in [7, 11) is 1.51. The number of rotatable bonds is 2. The number of aromatic carboxylic acids is 1. The minimum Gasteiger partial charge on any atom is -0.476 e. The van der Waals surface area contributed by atoms with Gasteiger partial charge in [0.15, 0.2) is 5.69 Å². The van der Waals surface area contributed by atoms with Gasteiger partial charge in [-0.3, -0.25) is 4.98 Å². The van der Waals surface area contributed by atoms with Crippen LogP contribution in [0.25, 0.3) is 11.4 Å². The summed E-state index contributed by atoms with van der Waals surface area (Å²) in [4.78, 5) is 15.0. The van der Waals surface area contributed by atoms with Crippen molar-refractivity contribution in [2.24, 2.45) is 7.05 Å². The Morgan fingerprint density at radius 1 is 1.50 bits per heavy atom. The van der Waals surface area contributed by atoms with Gasteiger partial charge in [-0.1, -0.05) is 5.21 Å². The molecule has 0 aliphatic heterocycles. The van der Waals surface area contributed by atoms with Crippen molar-refractivity contribution in [2.45, 2.75) is 0 Å². The molecule has 0 atom stereocenters. The van der Waals surface area contributed by atoms with Crippen molar-refractivity contribution in [3.63, 3.8) is 0 Å². The van der Waals surface area contributed by atoms with E-state index in [1.54, 1.807) is 12.1 Å². The summed E-state index contributed by atoms with van der Waals surface area (Å²) in [5, 5.41) is 16.4. The summed E-state index contributed by atoms with van der Waals surface area (Å²) >= 11 is 0. The van der Waals surface area contributed by atoms with E-state index in [1.807, 2.05) is 0 Å². The van der Waals surface area contributed by atoms with Crippen LogP contribution in [0.3, 0.4) is 0 Å². The lowest BCUT2D eigenvalue weighted by molar-refractivity contribution is 0.0686. The number of carbonyl (C=O) groups is 1. The third kappa shape index (κ3) is 1.58. The van der Waals surface area contributed by atoms with E-state index in [1.165, 1.54) is 17.9 Å². The van der Waals surface area contributed by atoms with Crippen molar-refractivity contribution in [2.75, 3.05) is 5.73 Å². The molecule has 0 saturated carbocycles. The molecule has 0 fully saturated rings. The van der Waals surface area contributed by atoms with E-state index in [0.29, 0.717) is 11.4 Å². The maximum Gasteiger partial charge on any atom is 0.356 e. The Kier molecular flexibility index (Phi) is 2.28. The molecule has 0 aliphatic rings. The number of anilines is 1. The predicted molar refractivity (Wildman–Crippen MR) is 55.6 cm³/mol. The zero-order chi connectivity index (χ0) is 11.7. The lowest BCUT2D eigenvalue weighted by Crippen LogP contribution is -2.07. The Hall–Kier alpha value is -2.44. The standard InChI is InChI=1S/C9H9N5O2/c1-14-8(9(15)16)7(12-13-14)6-3-2-5(10)4-11-6/h2-4H,10H2,1H3,(H,15,16). The minimum absolute atomic E-state index is 0.00253. The Morgan fingerprint density at radius 3 is 2.81 bits per heavy atom. The first-order valence-electron chi connectivity index (χ1n) is 4.44. The summed E-state index contributed by atoms with van der Waals surface area (Å²) in [5.41, 5.74) is 6.65. The van der Waals surface area contributed by atoms with Gasteiger partial charge in [0.2, 0.25) is 0 Å². The summed E-state index contributed by atoms with van der Waals surface area (Å²) in [5.74, 6) is -1.10.